The third-order valence-electron chi connectivity index (χ3n) is 4.59. The van der Waals surface area contributed by atoms with Crippen LogP contribution >= 0.6 is 34.2 Å². The molecule has 2 aliphatic rings. The number of halogens is 2. The highest BCUT2D eigenvalue weighted by Gasteiger charge is 2.43. The molecular formula is C18H15ClIN3. The largest absolute Gasteiger partial charge is 0.361 e. The summed E-state index contributed by atoms with van der Waals surface area (Å²) in [6.07, 6.45) is 10.1. The second kappa shape index (κ2) is 5.60. The standard InChI is InChI=1S/C18H15ClIN3/c1-18-11-21-5-4-15(18)16(20)10-23(18)9-12-2-3-17-13(6-12)7-14(19)8-22-17/h2-8,10-11,15H,9H2,1H3. The minimum absolute atomic E-state index is 0.0905. The van der Waals surface area contributed by atoms with Crippen molar-refractivity contribution in [3.63, 3.8) is 0 Å². The van der Waals surface area contributed by atoms with Crippen molar-refractivity contribution in [2.75, 3.05) is 0 Å². The number of rotatable bonds is 2. The van der Waals surface area contributed by atoms with Crippen molar-refractivity contribution in [2.24, 2.45) is 10.9 Å². The molecule has 0 spiro atoms. The number of fused-ring (bicyclic) bond motifs is 2. The van der Waals surface area contributed by atoms with Crippen molar-refractivity contribution >= 4 is 51.3 Å². The van der Waals surface area contributed by atoms with Gasteiger partial charge in [0, 0.05) is 46.2 Å². The maximum absolute atomic E-state index is 6.07. The summed E-state index contributed by atoms with van der Waals surface area (Å²) in [5.41, 5.74) is 2.12. The van der Waals surface area contributed by atoms with Crippen LogP contribution in [0.2, 0.25) is 5.02 Å². The van der Waals surface area contributed by atoms with Crippen LogP contribution in [0.4, 0.5) is 0 Å². The molecule has 0 N–H and O–H groups in total. The topological polar surface area (TPSA) is 28.5 Å². The van der Waals surface area contributed by atoms with Crippen LogP contribution in [0.3, 0.4) is 0 Å². The van der Waals surface area contributed by atoms with Gasteiger partial charge in [0.25, 0.3) is 0 Å². The zero-order valence-electron chi connectivity index (χ0n) is 12.6. The molecule has 0 bridgehead atoms. The number of aromatic nitrogens is 1. The minimum Gasteiger partial charge on any atom is -0.361 e. The summed E-state index contributed by atoms with van der Waals surface area (Å²) in [6, 6.07) is 8.32. The van der Waals surface area contributed by atoms with E-state index < -0.39 is 0 Å². The summed E-state index contributed by atoms with van der Waals surface area (Å²) < 4.78 is 1.35. The van der Waals surface area contributed by atoms with Gasteiger partial charge in [0.15, 0.2) is 0 Å². The summed E-state index contributed by atoms with van der Waals surface area (Å²) in [5, 5.41) is 1.74. The fourth-order valence-corrected chi connectivity index (χ4v) is 4.60. The number of aliphatic imine (C=N–C) groups is 1. The van der Waals surface area contributed by atoms with E-state index in [-0.39, 0.29) is 5.54 Å². The molecule has 0 amide bonds. The van der Waals surface area contributed by atoms with Gasteiger partial charge in [-0.3, -0.25) is 9.98 Å². The zero-order chi connectivity index (χ0) is 16.0. The average molecular weight is 436 g/mol. The third kappa shape index (κ3) is 2.58. The fourth-order valence-electron chi connectivity index (χ4n) is 3.26. The predicted octanol–water partition coefficient (Wildman–Crippen LogP) is 4.95. The van der Waals surface area contributed by atoms with E-state index in [2.05, 4.69) is 81.1 Å². The number of hydrogen-bond acceptors (Lipinski definition) is 3. The number of nitrogens with zero attached hydrogens (tertiary/aromatic N) is 3. The number of pyridine rings is 1. The first kappa shape index (κ1) is 15.1. The summed E-state index contributed by atoms with van der Waals surface area (Å²) in [4.78, 5) is 11.1. The molecule has 116 valence electrons. The van der Waals surface area contributed by atoms with Gasteiger partial charge in [0.05, 0.1) is 16.1 Å². The molecule has 0 saturated heterocycles. The van der Waals surface area contributed by atoms with Gasteiger partial charge in [-0.2, -0.15) is 0 Å². The van der Waals surface area contributed by atoms with E-state index in [4.69, 9.17) is 11.6 Å². The molecule has 5 heteroatoms. The Balaban J connectivity index is 1.68. The molecule has 1 aromatic carbocycles. The summed E-state index contributed by atoms with van der Waals surface area (Å²) in [6.45, 7) is 3.08. The van der Waals surface area contributed by atoms with Gasteiger partial charge in [-0.05, 0) is 53.3 Å². The normalized spacial score (nSPS) is 25.8. The van der Waals surface area contributed by atoms with Crippen LogP contribution in [0.15, 0.2) is 57.5 Å². The first-order chi connectivity index (χ1) is 11.1. The highest BCUT2D eigenvalue weighted by atomic mass is 127. The van der Waals surface area contributed by atoms with Gasteiger partial charge >= 0.3 is 0 Å². The Morgan fingerprint density at radius 1 is 1.35 bits per heavy atom. The number of hydrogen-bond donors (Lipinski definition) is 0. The minimum atomic E-state index is -0.0905. The molecule has 3 nitrogen and oxygen atoms in total. The Morgan fingerprint density at radius 2 is 2.22 bits per heavy atom. The molecule has 23 heavy (non-hydrogen) atoms. The summed E-state index contributed by atoms with van der Waals surface area (Å²) in [7, 11) is 0. The van der Waals surface area contributed by atoms with Gasteiger partial charge in [0.1, 0.15) is 0 Å². The van der Waals surface area contributed by atoms with Gasteiger partial charge in [0.2, 0.25) is 0 Å². The van der Waals surface area contributed by atoms with E-state index in [1.54, 1.807) is 6.20 Å². The number of benzene rings is 1. The Kier molecular flexibility index (Phi) is 3.69. The molecule has 0 radical (unpaired) electrons. The maximum Gasteiger partial charge on any atom is 0.0833 e. The summed E-state index contributed by atoms with van der Waals surface area (Å²) >= 11 is 8.50. The van der Waals surface area contributed by atoms with Crippen LogP contribution in [0, 0.1) is 5.92 Å². The Labute approximate surface area is 153 Å². The lowest BCUT2D eigenvalue weighted by molar-refractivity contribution is 0.229. The van der Waals surface area contributed by atoms with E-state index in [0.29, 0.717) is 10.9 Å². The van der Waals surface area contributed by atoms with Gasteiger partial charge in [-0.25, -0.2) is 0 Å². The second-order valence-corrected chi connectivity index (χ2v) is 7.83. The second-order valence-electron chi connectivity index (χ2n) is 6.15. The molecule has 3 heterocycles. The van der Waals surface area contributed by atoms with E-state index in [1.807, 2.05) is 12.3 Å². The van der Waals surface area contributed by atoms with Crippen molar-refractivity contribution in [1.82, 2.24) is 9.88 Å². The van der Waals surface area contributed by atoms with Gasteiger partial charge in [-0.15, -0.1) is 0 Å². The lowest BCUT2D eigenvalue weighted by Crippen LogP contribution is -2.46. The fraction of sp³-hybridized carbons (Fsp3) is 0.222. The van der Waals surface area contributed by atoms with E-state index in [0.717, 1.165) is 17.4 Å². The smallest absolute Gasteiger partial charge is 0.0833 e. The van der Waals surface area contributed by atoms with Gasteiger partial charge < -0.3 is 4.90 Å². The van der Waals surface area contributed by atoms with Crippen LogP contribution < -0.4 is 0 Å². The molecule has 0 saturated carbocycles. The first-order valence-electron chi connectivity index (χ1n) is 7.45. The Hall–Kier alpha value is -1.40. The molecule has 2 unspecified atom stereocenters. The highest BCUT2D eigenvalue weighted by Crippen LogP contribution is 2.43. The SMILES string of the molecule is CC12C=NC=CC1C(I)=CN2Cc1ccc2ncc(Cl)cc2c1. The van der Waals surface area contributed by atoms with Gasteiger partial charge in [-0.1, -0.05) is 23.7 Å². The lowest BCUT2D eigenvalue weighted by atomic mass is 9.86. The molecule has 2 aromatic rings. The van der Waals surface area contributed by atoms with Crippen LogP contribution in [-0.4, -0.2) is 21.6 Å². The lowest BCUT2D eigenvalue weighted by Gasteiger charge is -2.38. The summed E-state index contributed by atoms with van der Waals surface area (Å²) in [5.74, 6) is 0.386. The van der Waals surface area contributed by atoms with E-state index >= 15 is 0 Å². The van der Waals surface area contributed by atoms with E-state index in [1.165, 1.54) is 9.14 Å². The average Bonchev–Trinajstić information content (AvgIpc) is 2.78. The maximum atomic E-state index is 6.07. The Morgan fingerprint density at radius 3 is 3.09 bits per heavy atom. The monoisotopic (exact) mass is 435 g/mol. The van der Waals surface area contributed by atoms with Crippen molar-refractivity contribution in [3.8, 4) is 0 Å². The van der Waals surface area contributed by atoms with Crippen molar-refractivity contribution in [1.29, 1.82) is 0 Å². The highest BCUT2D eigenvalue weighted by molar-refractivity contribution is 14.1. The zero-order valence-corrected chi connectivity index (χ0v) is 15.5. The van der Waals surface area contributed by atoms with Crippen molar-refractivity contribution < 1.29 is 0 Å². The quantitative estimate of drug-likeness (QED) is 0.624. The molecule has 2 atom stereocenters. The molecular weight excluding hydrogens is 421 g/mol. The predicted molar refractivity (Wildman–Crippen MR) is 104 cm³/mol. The molecule has 1 aromatic heterocycles. The van der Waals surface area contributed by atoms with Crippen LogP contribution in [0.5, 0.6) is 0 Å². The first-order valence-corrected chi connectivity index (χ1v) is 8.91. The molecule has 0 fully saturated rings. The van der Waals surface area contributed by atoms with Crippen LogP contribution in [0.1, 0.15) is 12.5 Å². The van der Waals surface area contributed by atoms with Crippen molar-refractivity contribution in [2.45, 2.75) is 19.0 Å². The van der Waals surface area contributed by atoms with Crippen LogP contribution in [-0.2, 0) is 6.54 Å². The van der Waals surface area contributed by atoms with Crippen LogP contribution in [0.25, 0.3) is 10.9 Å². The molecule has 4 rings (SSSR count). The molecule has 2 aliphatic heterocycles. The van der Waals surface area contributed by atoms with Crippen molar-refractivity contribution in [3.05, 3.63) is 63.1 Å². The third-order valence-corrected chi connectivity index (χ3v) is 5.75. The Bertz CT molecular complexity index is 874. The van der Waals surface area contributed by atoms with E-state index in [9.17, 15) is 0 Å². The molecule has 0 aliphatic carbocycles.